The Morgan fingerprint density at radius 1 is 0.619 bits per heavy atom. The van der Waals surface area contributed by atoms with Gasteiger partial charge in [-0.15, -0.1) is 0 Å². The average Bonchev–Trinajstić information content (AvgIpc) is 3.05. The van der Waals surface area contributed by atoms with Gasteiger partial charge in [0, 0.05) is 0 Å². The van der Waals surface area contributed by atoms with Crippen molar-refractivity contribution in [2.24, 2.45) is 0 Å². The Morgan fingerprint density at radius 3 is 2.38 bits per heavy atom. The third-order valence-corrected chi connectivity index (χ3v) is 5.12. The van der Waals surface area contributed by atoms with Crippen LogP contribution in [0.2, 0.25) is 0 Å². The van der Waals surface area contributed by atoms with Crippen LogP contribution in [-0.2, 0) is 12.8 Å². The Kier molecular flexibility index (Phi) is 2.08. The predicted octanol–water partition coefficient (Wildman–Crippen LogP) is 5.14. The summed E-state index contributed by atoms with van der Waals surface area (Å²) in [6.45, 7) is 2.24. The lowest BCUT2D eigenvalue weighted by Gasteiger charge is -2.09. The van der Waals surface area contributed by atoms with E-state index in [2.05, 4.69) is 61.5 Å². The minimum absolute atomic E-state index is 1.09. The van der Waals surface area contributed by atoms with E-state index in [-0.39, 0.29) is 0 Å². The van der Waals surface area contributed by atoms with Gasteiger partial charge in [0.1, 0.15) is 0 Å². The van der Waals surface area contributed by atoms with E-state index in [1.54, 1.807) is 0 Å². The monoisotopic (exact) mass is 268 g/mol. The third-order valence-electron chi connectivity index (χ3n) is 5.12. The van der Waals surface area contributed by atoms with Crippen molar-refractivity contribution in [1.29, 1.82) is 0 Å². The quantitative estimate of drug-likeness (QED) is 0.365. The molecule has 5 rings (SSSR count). The third kappa shape index (κ3) is 1.40. The first-order valence-corrected chi connectivity index (χ1v) is 7.65. The van der Waals surface area contributed by atoms with Gasteiger partial charge in [0.2, 0.25) is 0 Å². The molecular weight excluding hydrogens is 252 g/mol. The molecule has 100 valence electrons. The van der Waals surface area contributed by atoms with Gasteiger partial charge in [0.25, 0.3) is 0 Å². The molecule has 0 heterocycles. The fourth-order valence-corrected chi connectivity index (χ4v) is 4.10. The molecule has 21 heavy (non-hydrogen) atoms. The first kappa shape index (κ1) is 11.3. The van der Waals surface area contributed by atoms with E-state index < -0.39 is 0 Å². The summed E-state index contributed by atoms with van der Waals surface area (Å²) in [4.78, 5) is 0. The number of fused-ring (bicyclic) bond motifs is 7. The fourth-order valence-electron chi connectivity index (χ4n) is 4.10. The molecule has 0 aromatic heterocycles. The molecule has 0 unspecified atom stereocenters. The Bertz CT molecular complexity index is 900. The van der Waals surface area contributed by atoms with Crippen LogP contribution in [0.15, 0.2) is 54.6 Å². The summed E-state index contributed by atoms with van der Waals surface area (Å²) in [7, 11) is 0. The molecule has 0 saturated heterocycles. The minimum atomic E-state index is 1.09. The molecule has 2 aliphatic carbocycles. The van der Waals surface area contributed by atoms with Crippen molar-refractivity contribution in [1.82, 2.24) is 0 Å². The van der Waals surface area contributed by atoms with Gasteiger partial charge in [-0.25, -0.2) is 0 Å². The van der Waals surface area contributed by atoms with Crippen molar-refractivity contribution in [2.45, 2.75) is 19.8 Å². The van der Waals surface area contributed by atoms with Crippen LogP contribution in [0.5, 0.6) is 0 Å². The molecule has 2 aliphatic rings. The van der Waals surface area contributed by atoms with Gasteiger partial charge >= 0.3 is 0 Å². The van der Waals surface area contributed by atoms with E-state index in [0.717, 1.165) is 12.8 Å². The Labute approximate surface area is 125 Å². The summed E-state index contributed by atoms with van der Waals surface area (Å²) in [5.74, 6) is 0. The van der Waals surface area contributed by atoms with Crippen LogP contribution in [0.3, 0.4) is 0 Å². The molecule has 0 aliphatic heterocycles. The lowest BCUT2D eigenvalue weighted by molar-refractivity contribution is 1.21. The van der Waals surface area contributed by atoms with E-state index in [1.807, 2.05) is 0 Å². The number of benzene rings is 3. The molecule has 0 fully saturated rings. The molecule has 3 aromatic carbocycles. The summed E-state index contributed by atoms with van der Waals surface area (Å²) in [6.07, 6.45) is 2.18. The molecule has 0 bridgehead atoms. The number of aryl methyl sites for hydroxylation is 1. The molecule has 0 spiro atoms. The predicted molar refractivity (Wildman–Crippen MR) is 87.7 cm³/mol. The molecule has 3 aromatic rings. The summed E-state index contributed by atoms with van der Waals surface area (Å²) in [5.41, 5.74) is 13.3. The number of hydrogen-bond donors (Lipinski definition) is 0. The first-order chi connectivity index (χ1) is 10.3. The molecule has 0 amide bonds. The van der Waals surface area contributed by atoms with Gasteiger partial charge in [-0.3, -0.25) is 0 Å². The molecule has 0 radical (unpaired) electrons. The van der Waals surface area contributed by atoms with E-state index in [1.165, 1.54) is 50.1 Å². The van der Waals surface area contributed by atoms with Crippen LogP contribution in [0.4, 0.5) is 0 Å². The zero-order valence-corrected chi connectivity index (χ0v) is 12.1. The molecular formula is C21H16. The summed E-state index contributed by atoms with van der Waals surface area (Å²) in [5, 5.41) is 0. The standard InChI is InChI=1S/C21H16/c1-13-5-4-8-18-19(13)12-15-9-10-17-16-7-3-2-6-14(16)11-20(17)21(15)18/h2-10H,11-12H2,1H3. The van der Waals surface area contributed by atoms with Crippen LogP contribution in [0.1, 0.15) is 27.8 Å². The molecule has 0 heteroatoms. The second-order valence-electron chi connectivity index (χ2n) is 6.24. The van der Waals surface area contributed by atoms with Crippen LogP contribution in [0.25, 0.3) is 22.3 Å². The Balaban J connectivity index is 1.83. The Hall–Kier alpha value is -2.34. The highest BCUT2D eigenvalue weighted by molar-refractivity contribution is 5.90. The molecule has 0 nitrogen and oxygen atoms in total. The fraction of sp³-hybridized carbons (Fsp3) is 0.143. The van der Waals surface area contributed by atoms with Crippen LogP contribution in [0, 0.1) is 6.92 Å². The van der Waals surface area contributed by atoms with Crippen LogP contribution in [-0.4, -0.2) is 0 Å². The van der Waals surface area contributed by atoms with E-state index >= 15 is 0 Å². The highest BCUT2D eigenvalue weighted by Crippen LogP contribution is 2.47. The van der Waals surface area contributed by atoms with Gasteiger partial charge in [0.15, 0.2) is 0 Å². The van der Waals surface area contributed by atoms with Crippen molar-refractivity contribution >= 4 is 0 Å². The second-order valence-corrected chi connectivity index (χ2v) is 6.24. The molecule has 0 N–H and O–H groups in total. The average molecular weight is 268 g/mol. The van der Waals surface area contributed by atoms with Gasteiger partial charge in [-0.2, -0.15) is 0 Å². The first-order valence-electron chi connectivity index (χ1n) is 7.65. The van der Waals surface area contributed by atoms with Crippen molar-refractivity contribution < 1.29 is 0 Å². The van der Waals surface area contributed by atoms with E-state index in [4.69, 9.17) is 0 Å². The molecule has 0 saturated carbocycles. The topological polar surface area (TPSA) is 0 Å². The maximum Gasteiger partial charge on any atom is -0.000718 e. The van der Waals surface area contributed by atoms with Crippen molar-refractivity contribution in [2.75, 3.05) is 0 Å². The molecule has 0 atom stereocenters. The summed E-state index contributed by atoms with van der Waals surface area (Å²) < 4.78 is 0. The number of hydrogen-bond acceptors (Lipinski definition) is 0. The highest BCUT2D eigenvalue weighted by Gasteiger charge is 2.28. The van der Waals surface area contributed by atoms with Crippen molar-refractivity contribution in [3.8, 4) is 22.3 Å². The van der Waals surface area contributed by atoms with Crippen LogP contribution < -0.4 is 0 Å². The van der Waals surface area contributed by atoms with E-state index in [0.29, 0.717) is 0 Å². The van der Waals surface area contributed by atoms with Crippen molar-refractivity contribution in [3.63, 3.8) is 0 Å². The SMILES string of the molecule is Cc1cccc2c1Cc1ccc3c(c1-2)Cc1ccccc1-3. The van der Waals surface area contributed by atoms with Gasteiger partial charge in [-0.1, -0.05) is 54.6 Å². The largest absolute Gasteiger partial charge is 0.0619 e. The normalized spacial score (nSPS) is 13.6. The summed E-state index contributed by atoms with van der Waals surface area (Å²) >= 11 is 0. The lowest BCUT2D eigenvalue weighted by atomic mass is 9.95. The van der Waals surface area contributed by atoms with E-state index in [9.17, 15) is 0 Å². The van der Waals surface area contributed by atoms with Gasteiger partial charge < -0.3 is 0 Å². The van der Waals surface area contributed by atoms with Crippen LogP contribution >= 0.6 is 0 Å². The second kappa shape index (κ2) is 3.85. The minimum Gasteiger partial charge on any atom is -0.0619 e. The zero-order chi connectivity index (χ0) is 14.0. The lowest BCUT2D eigenvalue weighted by Crippen LogP contribution is -1.88. The Morgan fingerprint density at radius 2 is 1.43 bits per heavy atom. The summed E-state index contributed by atoms with van der Waals surface area (Å²) in [6, 6.07) is 20.3. The van der Waals surface area contributed by atoms with Gasteiger partial charge in [-0.05, 0) is 69.8 Å². The van der Waals surface area contributed by atoms with Gasteiger partial charge in [0.05, 0.1) is 0 Å². The van der Waals surface area contributed by atoms with Crippen molar-refractivity contribution in [3.05, 3.63) is 82.4 Å². The maximum atomic E-state index is 2.34. The highest BCUT2D eigenvalue weighted by atomic mass is 14.3. The number of rotatable bonds is 0. The maximum absolute atomic E-state index is 2.34. The zero-order valence-electron chi connectivity index (χ0n) is 12.1. The smallest absolute Gasteiger partial charge is 0.000718 e.